The molecule has 0 radical (unpaired) electrons. The molecule has 24 heavy (non-hydrogen) atoms. The first kappa shape index (κ1) is 18.3. The van der Waals surface area contributed by atoms with Gasteiger partial charge in [0.05, 0.1) is 22.5 Å². The molecule has 4 nitrogen and oxygen atoms in total. The zero-order valence-electron chi connectivity index (χ0n) is 13.1. The van der Waals surface area contributed by atoms with Crippen molar-refractivity contribution < 1.29 is 18.0 Å². The second-order valence-electron chi connectivity index (χ2n) is 4.96. The van der Waals surface area contributed by atoms with Crippen LogP contribution in [0.3, 0.4) is 0 Å². The summed E-state index contributed by atoms with van der Waals surface area (Å²) in [5.41, 5.74) is -0.464. The number of nitrogens with one attached hydrogen (secondary N) is 1. The van der Waals surface area contributed by atoms with E-state index in [4.69, 9.17) is 0 Å². The summed E-state index contributed by atoms with van der Waals surface area (Å²) < 4.78 is 39.1. The number of hydrogen-bond acceptors (Lipinski definition) is 4. The molecule has 8 heteroatoms. The average Bonchev–Trinajstić information content (AvgIpc) is 2.54. The molecular formula is C16H16F3N3OS. The highest BCUT2D eigenvalue weighted by molar-refractivity contribution is 7.98. The molecule has 0 fully saturated rings. The summed E-state index contributed by atoms with van der Waals surface area (Å²) in [5, 5.41) is 2.84. The van der Waals surface area contributed by atoms with Crippen molar-refractivity contribution in [1.82, 2.24) is 9.97 Å². The Hall–Kier alpha value is -2.09. The van der Waals surface area contributed by atoms with E-state index in [1.807, 2.05) is 13.2 Å². The summed E-state index contributed by atoms with van der Waals surface area (Å²) in [6.07, 6.45) is -0.0843. The fourth-order valence-electron chi connectivity index (χ4n) is 2.14. The fraction of sp³-hybridized carbons (Fsp3) is 0.312. The molecule has 1 aromatic heterocycles. The molecule has 0 bridgehead atoms. The molecule has 2 rings (SSSR count). The number of benzene rings is 1. The molecule has 128 valence electrons. The van der Waals surface area contributed by atoms with Crippen molar-refractivity contribution in [1.29, 1.82) is 0 Å². The number of thioether (sulfide) groups is 1. The third-order valence-electron chi connectivity index (χ3n) is 3.24. The fourth-order valence-corrected chi connectivity index (χ4v) is 2.50. The van der Waals surface area contributed by atoms with E-state index >= 15 is 0 Å². The number of para-hydroxylation sites is 1. The Bertz CT molecular complexity index is 735. The summed E-state index contributed by atoms with van der Waals surface area (Å²) in [4.78, 5) is 20.7. The Balaban J connectivity index is 2.34. The van der Waals surface area contributed by atoms with Crippen LogP contribution in [-0.2, 0) is 12.6 Å². The zero-order chi connectivity index (χ0) is 17.7. The van der Waals surface area contributed by atoms with Gasteiger partial charge in [-0.15, -0.1) is 0 Å². The van der Waals surface area contributed by atoms with Gasteiger partial charge in [-0.05, 0) is 24.8 Å². The van der Waals surface area contributed by atoms with E-state index in [2.05, 4.69) is 15.3 Å². The smallest absolute Gasteiger partial charge is 0.321 e. The van der Waals surface area contributed by atoms with Gasteiger partial charge in [-0.2, -0.15) is 13.2 Å². The van der Waals surface area contributed by atoms with Gasteiger partial charge >= 0.3 is 6.18 Å². The van der Waals surface area contributed by atoms with Crippen molar-refractivity contribution in [2.75, 3.05) is 11.6 Å². The first-order valence-corrected chi connectivity index (χ1v) is 8.46. The number of hydrogen-bond donors (Lipinski definition) is 1. The third kappa shape index (κ3) is 4.25. The van der Waals surface area contributed by atoms with E-state index < -0.39 is 17.6 Å². The van der Waals surface area contributed by atoms with E-state index in [9.17, 15) is 18.0 Å². The minimum atomic E-state index is -4.55. The SMILES string of the molecule is CCCc1nc(SC)ncc1C(=O)Nc1ccccc1C(F)(F)F. The molecule has 0 saturated carbocycles. The number of aryl methyl sites for hydroxylation is 1. The molecule has 0 atom stereocenters. The highest BCUT2D eigenvalue weighted by atomic mass is 32.2. The summed E-state index contributed by atoms with van der Waals surface area (Å²) in [7, 11) is 0. The van der Waals surface area contributed by atoms with E-state index in [0.29, 0.717) is 17.3 Å². The van der Waals surface area contributed by atoms with Gasteiger partial charge < -0.3 is 5.32 Å². The molecule has 1 amide bonds. The van der Waals surface area contributed by atoms with Crippen LogP contribution in [0.1, 0.15) is 35.0 Å². The molecule has 0 spiro atoms. The maximum Gasteiger partial charge on any atom is 0.418 e. The number of carbonyl (C=O) groups excluding carboxylic acids is 1. The second kappa shape index (κ2) is 7.65. The van der Waals surface area contributed by atoms with Crippen molar-refractivity contribution in [3.63, 3.8) is 0 Å². The molecular weight excluding hydrogens is 339 g/mol. The van der Waals surface area contributed by atoms with Crippen LogP contribution in [-0.4, -0.2) is 22.1 Å². The van der Waals surface area contributed by atoms with Crippen LogP contribution in [0.25, 0.3) is 0 Å². The molecule has 0 saturated heterocycles. The van der Waals surface area contributed by atoms with Crippen molar-refractivity contribution in [2.24, 2.45) is 0 Å². The van der Waals surface area contributed by atoms with Crippen molar-refractivity contribution in [3.8, 4) is 0 Å². The lowest BCUT2D eigenvalue weighted by Crippen LogP contribution is -2.19. The number of amides is 1. The third-order valence-corrected chi connectivity index (χ3v) is 3.80. The normalized spacial score (nSPS) is 11.4. The zero-order valence-corrected chi connectivity index (χ0v) is 14.0. The predicted octanol–water partition coefficient (Wildman–Crippen LogP) is 4.42. The number of rotatable bonds is 5. The van der Waals surface area contributed by atoms with Crippen molar-refractivity contribution in [2.45, 2.75) is 31.1 Å². The quantitative estimate of drug-likeness (QED) is 0.637. The summed E-state index contributed by atoms with van der Waals surface area (Å²) in [6.45, 7) is 1.93. The first-order chi connectivity index (χ1) is 11.4. The number of aromatic nitrogens is 2. The van der Waals surface area contributed by atoms with Crippen LogP contribution in [0.15, 0.2) is 35.6 Å². The lowest BCUT2D eigenvalue weighted by atomic mass is 10.1. The van der Waals surface area contributed by atoms with Gasteiger partial charge in [0.15, 0.2) is 5.16 Å². The summed E-state index contributed by atoms with van der Waals surface area (Å²) in [6, 6.07) is 4.86. The summed E-state index contributed by atoms with van der Waals surface area (Å²) in [5.74, 6) is -0.650. The standard InChI is InChI=1S/C16H16F3N3OS/c1-3-6-12-10(9-20-15(22-12)24-2)14(23)21-13-8-5-4-7-11(13)16(17,18)19/h4-5,7-9H,3,6H2,1-2H3,(H,21,23). The Kier molecular flexibility index (Phi) is 5.82. The predicted molar refractivity (Wildman–Crippen MR) is 87.2 cm³/mol. The monoisotopic (exact) mass is 355 g/mol. The van der Waals surface area contributed by atoms with Gasteiger partial charge in [0, 0.05) is 6.20 Å². The number of halogens is 3. The van der Waals surface area contributed by atoms with Gasteiger partial charge in [0.25, 0.3) is 5.91 Å². The van der Waals surface area contributed by atoms with E-state index in [1.165, 1.54) is 36.2 Å². The van der Waals surface area contributed by atoms with E-state index in [1.54, 1.807) is 0 Å². The Labute approximate surface area is 141 Å². The number of carbonyl (C=O) groups is 1. The van der Waals surface area contributed by atoms with Crippen molar-refractivity contribution in [3.05, 3.63) is 47.3 Å². The molecule has 1 N–H and O–H groups in total. The highest BCUT2D eigenvalue weighted by Gasteiger charge is 2.33. The molecule has 0 aliphatic rings. The minimum Gasteiger partial charge on any atom is -0.321 e. The van der Waals surface area contributed by atoms with Crippen LogP contribution in [0.2, 0.25) is 0 Å². The largest absolute Gasteiger partial charge is 0.418 e. The lowest BCUT2D eigenvalue weighted by molar-refractivity contribution is -0.136. The molecule has 0 unspecified atom stereocenters. The Morgan fingerprint density at radius 3 is 2.62 bits per heavy atom. The molecule has 1 heterocycles. The van der Waals surface area contributed by atoms with Gasteiger partial charge in [0.2, 0.25) is 0 Å². The number of nitrogens with zero attached hydrogens (tertiary/aromatic N) is 2. The molecule has 0 aliphatic carbocycles. The van der Waals surface area contributed by atoms with Gasteiger partial charge in [-0.3, -0.25) is 4.79 Å². The van der Waals surface area contributed by atoms with E-state index in [0.717, 1.165) is 12.5 Å². The van der Waals surface area contributed by atoms with Gasteiger partial charge in [-0.1, -0.05) is 37.2 Å². The maximum absolute atomic E-state index is 13.0. The Morgan fingerprint density at radius 2 is 2.00 bits per heavy atom. The average molecular weight is 355 g/mol. The maximum atomic E-state index is 13.0. The van der Waals surface area contributed by atoms with Gasteiger partial charge in [-0.25, -0.2) is 9.97 Å². The van der Waals surface area contributed by atoms with Crippen LogP contribution < -0.4 is 5.32 Å². The van der Waals surface area contributed by atoms with Crippen LogP contribution in [0, 0.1) is 0 Å². The lowest BCUT2D eigenvalue weighted by Gasteiger charge is -2.14. The molecule has 2 aromatic rings. The first-order valence-electron chi connectivity index (χ1n) is 7.24. The van der Waals surface area contributed by atoms with Crippen LogP contribution in [0.4, 0.5) is 18.9 Å². The van der Waals surface area contributed by atoms with E-state index in [-0.39, 0.29) is 11.3 Å². The van der Waals surface area contributed by atoms with Crippen molar-refractivity contribution >= 4 is 23.4 Å². The topological polar surface area (TPSA) is 54.9 Å². The molecule has 1 aromatic carbocycles. The van der Waals surface area contributed by atoms with Gasteiger partial charge in [0.1, 0.15) is 0 Å². The number of alkyl halides is 3. The Morgan fingerprint density at radius 1 is 1.29 bits per heavy atom. The van der Waals surface area contributed by atoms with Crippen LogP contribution >= 0.6 is 11.8 Å². The minimum absolute atomic E-state index is 0.187. The number of anilines is 1. The highest BCUT2D eigenvalue weighted by Crippen LogP contribution is 2.34. The van der Waals surface area contributed by atoms with Crippen LogP contribution in [0.5, 0.6) is 0 Å². The summed E-state index contributed by atoms with van der Waals surface area (Å²) >= 11 is 1.34. The second-order valence-corrected chi connectivity index (χ2v) is 5.74. The molecule has 0 aliphatic heterocycles.